The number of ether oxygens (including phenoxy) is 1. The van der Waals surface area contributed by atoms with Crippen LogP contribution in [0.15, 0.2) is 48.5 Å². The van der Waals surface area contributed by atoms with Gasteiger partial charge < -0.3 is 9.64 Å². The molecule has 0 N–H and O–H groups in total. The number of nitrogens with zero attached hydrogens (tertiary/aromatic N) is 1. The number of amides is 1. The van der Waals surface area contributed by atoms with E-state index >= 15 is 0 Å². The van der Waals surface area contributed by atoms with Gasteiger partial charge >= 0.3 is 5.97 Å². The van der Waals surface area contributed by atoms with Crippen LogP contribution >= 0.6 is 0 Å². The van der Waals surface area contributed by atoms with Gasteiger partial charge in [0.2, 0.25) is 0 Å². The third-order valence-electron chi connectivity index (χ3n) is 4.60. The van der Waals surface area contributed by atoms with E-state index < -0.39 is 12.1 Å². The van der Waals surface area contributed by atoms with Gasteiger partial charge in [0.05, 0.1) is 5.56 Å². The van der Waals surface area contributed by atoms with Crippen LogP contribution in [0, 0.1) is 0 Å². The van der Waals surface area contributed by atoms with E-state index in [-0.39, 0.29) is 5.91 Å². The molecule has 0 bridgehead atoms. The predicted molar refractivity (Wildman–Crippen MR) is 96.3 cm³/mol. The Morgan fingerprint density at radius 2 is 1.80 bits per heavy atom. The molecule has 0 fully saturated rings. The van der Waals surface area contributed by atoms with Crippen LogP contribution in [-0.4, -0.2) is 29.9 Å². The van der Waals surface area contributed by atoms with Crippen molar-refractivity contribution in [1.29, 1.82) is 0 Å². The van der Waals surface area contributed by atoms with E-state index in [4.69, 9.17) is 4.74 Å². The van der Waals surface area contributed by atoms with Crippen molar-refractivity contribution >= 4 is 11.9 Å². The van der Waals surface area contributed by atoms with Gasteiger partial charge in [-0.2, -0.15) is 0 Å². The van der Waals surface area contributed by atoms with Crippen LogP contribution in [0.3, 0.4) is 0 Å². The standard InChI is InChI=1S/C21H23NO3/c1-15(20(23)22(2)14-16-7-4-3-5-8-16)25-21(24)19-12-11-17-9-6-10-18(17)13-19/h3-5,7-8,11-13,15H,6,9-10,14H2,1-2H3/t15-/m1/s1. The Labute approximate surface area is 148 Å². The maximum Gasteiger partial charge on any atom is 0.338 e. The first-order valence-corrected chi connectivity index (χ1v) is 8.66. The lowest BCUT2D eigenvalue weighted by Crippen LogP contribution is -2.37. The predicted octanol–water partition coefficient (Wildman–Crippen LogP) is 3.38. The highest BCUT2D eigenvalue weighted by Crippen LogP contribution is 2.23. The van der Waals surface area contributed by atoms with Crippen molar-refractivity contribution in [3.8, 4) is 0 Å². The molecule has 1 atom stereocenters. The molecule has 4 nitrogen and oxygen atoms in total. The average Bonchev–Trinajstić information content (AvgIpc) is 3.09. The molecule has 2 aromatic rings. The molecule has 130 valence electrons. The minimum Gasteiger partial charge on any atom is -0.449 e. The molecular formula is C21H23NO3. The maximum atomic E-state index is 12.5. The smallest absolute Gasteiger partial charge is 0.338 e. The van der Waals surface area contributed by atoms with E-state index in [1.807, 2.05) is 42.5 Å². The van der Waals surface area contributed by atoms with Gasteiger partial charge in [0.1, 0.15) is 0 Å². The average molecular weight is 337 g/mol. The molecule has 2 aromatic carbocycles. The van der Waals surface area contributed by atoms with Gasteiger partial charge in [-0.3, -0.25) is 4.79 Å². The molecule has 0 radical (unpaired) electrons. The van der Waals surface area contributed by atoms with Gasteiger partial charge in [0.15, 0.2) is 6.10 Å². The number of rotatable bonds is 5. The zero-order valence-corrected chi connectivity index (χ0v) is 14.7. The molecule has 0 heterocycles. The lowest BCUT2D eigenvalue weighted by Gasteiger charge is -2.21. The molecule has 0 aliphatic heterocycles. The first-order valence-electron chi connectivity index (χ1n) is 8.66. The van der Waals surface area contributed by atoms with Crippen molar-refractivity contribution in [3.63, 3.8) is 0 Å². The van der Waals surface area contributed by atoms with Crippen molar-refractivity contribution in [2.45, 2.75) is 38.8 Å². The number of carbonyl (C=O) groups excluding carboxylic acids is 2. The highest BCUT2D eigenvalue weighted by Gasteiger charge is 2.23. The van der Waals surface area contributed by atoms with Gasteiger partial charge in [0.25, 0.3) is 5.91 Å². The fourth-order valence-electron chi connectivity index (χ4n) is 3.22. The zero-order valence-electron chi connectivity index (χ0n) is 14.7. The molecule has 0 unspecified atom stereocenters. The number of hydrogen-bond acceptors (Lipinski definition) is 3. The third-order valence-corrected chi connectivity index (χ3v) is 4.60. The molecule has 0 saturated carbocycles. The number of aryl methyl sites for hydroxylation is 2. The van der Waals surface area contributed by atoms with E-state index in [2.05, 4.69) is 0 Å². The first kappa shape index (κ1) is 17.2. The lowest BCUT2D eigenvalue weighted by atomic mass is 10.1. The Morgan fingerprint density at radius 1 is 1.08 bits per heavy atom. The van der Waals surface area contributed by atoms with Crippen LogP contribution < -0.4 is 0 Å². The summed E-state index contributed by atoms with van der Waals surface area (Å²) < 4.78 is 5.39. The van der Waals surface area contributed by atoms with Crippen LogP contribution in [-0.2, 0) is 28.9 Å². The lowest BCUT2D eigenvalue weighted by molar-refractivity contribution is -0.139. The second kappa shape index (κ2) is 7.51. The molecule has 25 heavy (non-hydrogen) atoms. The van der Waals surface area contributed by atoms with Gasteiger partial charge in [-0.05, 0) is 55.0 Å². The SMILES string of the molecule is C[C@@H](OC(=O)c1ccc2c(c1)CCC2)C(=O)N(C)Cc1ccccc1. The number of likely N-dealkylation sites (N-methyl/N-ethyl adjacent to an activating group) is 1. The summed E-state index contributed by atoms with van der Waals surface area (Å²) in [7, 11) is 1.72. The molecule has 0 aromatic heterocycles. The minimum atomic E-state index is -0.811. The van der Waals surface area contributed by atoms with Crippen molar-refractivity contribution < 1.29 is 14.3 Å². The van der Waals surface area contributed by atoms with Crippen molar-refractivity contribution in [2.75, 3.05) is 7.05 Å². The highest BCUT2D eigenvalue weighted by molar-refractivity contribution is 5.92. The third kappa shape index (κ3) is 4.08. The van der Waals surface area contributed by atoms with E-state index in [9.17, 15) is 9.59 Å². The van der Waals surface area contributed by atoms with Gasteiger partial charge in [0, 0.05) is 13.6 Å². The fraction of sp³-hybridized carbons (Fsp3) is 0.333. The Balaban J connectivity index is 1.60. The molecule has 1 aliphatic carbocycles. The summed E-state index contributed by atoms with van der Waals surface area (Å²) >= 11 is 0. The largest absolute Gasteiger partial charge is 0.449 e. The van der Waals surface area contributed by atoms with Crippen molar-refractivity contribution in [2.24, 2.45) is 0 Å². The van der Waals surface area contributed by atoms with Crippen molar-refractivity contribution in [3.05, 3.63) is 70.8 Å². The van der Waals surface area contributed by atoms with E-state index in [0.29, 0.717) is 12.1 Å². The molecule has 0 saturated heterocycles. The summed E-state index contributed by atoms with van der Waals surface area (Å²) in [6.07, 6.45) is 2.40. The quantitative estimate of drug-likeness (QED) is 0.786. The minimum absolute atomic E-state index is 0.210. The Morgan fingerprint density at radius 3 is 2.56 bits per heavy atom. The molecule has 1 aliphatic rings. The second-order valence-corrected chi connectivity index (χ2v) is 6.56. The zero-order chi connectivity index (χ0) is 17.8. The Hall–Kier alpha value is -2.62. The number of benzene rings is 2. The summed E-state index contributed by atoms with van der Waals surface area (Å²) in [5.41, 5.74) is 4.08. The molecule has 0 spiro atoms. The number of carbonyl (C=O) groups is 2. The van der Waals surface area contributed by atoms with E-state index in [1.54, 1.807) is 24.9 Å². The fourth-order valence-corrected chi connectivity index (χ4v) is 3.22. The normalized spacial score (nSPS) is 13.8. The van der Waals surface area contributed by atoms with Crippen LogP contribution in [0.4, 0.5) is 0 Å². The summed E-state index contributed by atoms with van der Waals surface area (Å²) in [5.74, 6) is -0.651. The molecular weight excluding hydrogens is 314 g/mol. The van der Waals surface area contributed by atoms with Crippen LogP contribution in [0.1, 0.15) is 40.4 Å². The van der Waals surface area contributed by atoms with Gasteiger partial charge in [-0.1, -0.05) is 36.4 Å². The number of hydrogen-bond donors (Lipinski definition) is 0. The summed E-state index contributed by atoms with van der Waals surface area (Å²) in [6, 6.07) is 15.4. The summed E-state index contributed by atoms with van der Waals surface area (Å²) in [4.78, 5) is 26.4. The van der Waals surface area contributed by atoms with Crippen molar-refractivity contribution in [1.82, 2.24) is 4.90 Å². The Kier molecular flexibility index (Phi) is 5.17. The second-order valence-electron chi connectivity index (χ2n) is 6.56. The van der Waals surface area contributed by atoms with E-state index in [0.717, 1.165) is 24.8 Å². The number of fused-ring (bicyclic) bond motifs is 1. The molecule has 4 heteroatoms. The van der Waals surface area contributed by atoms with Crippen LogP contribution in [0.2, 0.25) is 0 Å². The van der Waals surface area contributed by atoms with Crippen LogP contribution in [0.5, 0.6) is 0 Å². The maximum absolute atomic E-state index is 12.5. The van der Waals surface area contributed by atoms with Crippen LogP contribution in [0.25, 0.3) is 0 Å². The highest BCUT2D eigenvalue weighted by atomic mass is 16.5. The Bertz CT molecular complexity index is 770. The van der Waals surface area contributed by atoms with Gasteiger partial charge in [-0.15, -0.1) is 0 Å². The summed E-state index contributed by atoms with van der Waals surface area (Å²) in [6.45, 7) is 2.11. The first-order chi connectivity index (χ1) is 12.0. The van der Waals surface area contributed by atoms with Gasteiger partial charge in [-0.25, -0.2) is 4.79 Å². The monoisotopic (exact) mass is 337 g/mol. The number of esters is 1. The summed E-state index contributed by atoms with van der Waals surface area (Å²) in [5, 5.41) is 0. The topological polar surface area (TPSA) is 46.6 Å². The molecule has 1 amide bonds. The molecule has 3 rings (SSSR count). The van der Waals surface area contributed by atoms with E-state index in [1.165, 1.54) is 11.1 Å².